The van der Waals surface area contributed by atoms with E-state index in [2.05, 4.69) is 29.4 Å². The molecule has 0 saturated carbocycles. The Bertz CT molecular complexity index is 687. The van der Waals surface area contributed by atoms with Crippen LogP contribution in [0.3, 0.4) is 0 Å². The number of benzene rings is 1. The van der Waals surface area contributed by atoms with Crippen LogP contribution in [-0.4, -0.2) is 44.7 Å². The maximum Gasteiger partial charge on any atom is 0.253 e. The Hall–Kier alpha value is -2.08. The van der Waals surface area contributed by atoms with Crippen LogP contribution >= 0.6 is 0 Å². The molecule has 1 fully saturated rings. The molecule has 0 aromatic heterocycles. The number of rotatable bonds is 13. The van der Waals surface area contributed by atoms with E-state index >= 15 is 0 Å². The fourth-order valence-electron chi connectivity index (χ4n) is 4.04. The van der Waals surface area contributed by atoms with Crippen molar-refractivity contribution in [2.75, 3.05) is 43.1 Å². The van der Waals surface area contributed by atoms with E-state index in [1.54, 1.807) is 0 Å². The molecule has 31 heavy (non-hydrogen) atoms. The molecule has 1 aromatic carbocycles. The number of piperidine rings is 1. The second-order valence-electron chi connectivity index (χ2n) is 8.32. The third-order valence-electron chi connectivity index (χ3n) is 5.93. The van der Waals surface area contributed by atoms with Crippen molar-refractivity contribution in [2.24, 2.45) is 5.92 Å². The van der Waals surface area contributed by atoms with Crippen LogP contribution in [0.5, 0.6) is 0 Å². The van der Waals surface area contributed by atoms with Crippen molar-refractivity contribution in [3.8, 4) is 0 Å². The summed E-state index contributed by atoms with van der Waals surface area (Å²) < 4.78 is 5.36. The summed E-state index contributed by atoms with van der Waals surface area (Å²) in [7, 11) is 0. The zero-order valence-corrected chi connectivity index (χ0v) is 19.7. The first-order valence-electron chi connectivity index (χ1n) is 12.2. The van der Waals surface area contributed by atoms with Crippen molar-refractivity contribution in [3.63, 3.8) is 0 Å². The summed E-state index contributed by atoms with van der Waals surface area (Å²) in [5, 5.41) is 6.08. The van der Waals surface area contributed by atoms with Crippen molar-refractivity contribution in [1.29, 1.82) is 0 Å². The molecule has 1 unspecified atom stereocenters. The Kier molecular flexibility index (Phi) is 11.4. The summed E-state index contributed by atoms with van der Waals surface area (Å²) in [6.07, 6.45) is 8.16. The molecule has 1 aliphatic rings. The number of carbonyl (C=O) groups is 2. The largest absolute Gasteiger partial charge is 0.382 e. The summed E-state index contributed by atoms with van der Waals surface area (Å²) in [5.41, 5.74) is 2.29. The van der Waals surface area contributed by atoms with Crippen LogP contribution in [0, 0.1) is 5.92 Å². The molecule has 2 amide bonds. The van der Waals surface area contributed by atoms with Gasteiger partial charge >= 0.3 is 0 Å². The minimum Gasteiger partial charge on any atom is -0.382 e. The smallest absolute Gasteiger partial charge is 0.253 e. The van der Waals surface area contributed by atoms with Gasteiger partial charge in [0.15, 0.2) is 0 Å². The minimum absolute atomic E-state index is 0.0116. The molecule has 0 aliphatic carbocycles. The van der Waals surface area contributed by atoms with E-state index in [0.29, 0.717) is 31.0 Å². The van der Waals surface area contributed by atoms with Crippen LogP contribution in [0.1, 0.15) is 82.5 Å². The molecule has 1 aromatic rings. The zero-order chi connectivity index (χ0) is 22.5. The lowest BCUT2D eigenvalue weighted by molar-refractivity contribution is -0.120. The van der Waals surface area contributed by atoms with E-state index in [1.165, 1.54) is 6.42 Å². The molecule has 6 heteroatoms. The Labute approximate surface area is 188 Å². The molecular formula is C25H41N3O3. The number of amides is 2. The van der Waals surface area contributed by atoms with Gasteiger partial charge < -0.3 is 20.3 Å². The first kappa shape index (κ1) is 25.2. The normalized spacial score (nSPS) is 14.9. The van der Waals surface area contributed by atoms with Gasteiger partial charge in [0.1, 0.15) is 0 Å². The maximum atomic E-state index is 13.0. The fourth-order valence-corrected chi connectivity index (χ4v) is 4.04. The van der Waals surface area contributed by atoms with Gasteiger partial charge in [0.2, 0.25) is 5.91 Å². The first-order valence-corrected chi connectivity index (χ1v) is 12.2. The van der Waals surface area contributed by atoms with Crippen LogP contribution in [0.15, 0.2) is 18.2 Å². The highest BCUT2D eigenvalue weighted by molar-refractivity contribution is 6.02. The van der Waals surface area contributed by atoms with Crippen molar-refractivity contribution in [2.45, 2.75) is 72.1 Å². The lowest BCUT2D eigenvalue weighted by Gasteiger charge is -2.30. The van der Waals surface area contributed by atoms with Gasteiger partial charge in [-0.3, -0.25) is 9.59 Å². The minimum atomic E-state index is -0.0915. The van der Waals surface area contributed by atoms with Crippen molar-refractivity contribution >= 4 is 23.2 Å². The highest BCUT2D eigenvalue weighted by Gasteiger charge is 2.21. The number of hydrogen-bond acceptors (Lipinski definition) is 4. The van der Waals surface area contributed by atoms with E-state index in [4.69, 9.17) is 4.74 Å². The highest BCUT2D eigenvalue weighted by Crippen LogP contribution is 2.28. The summed E-state index contributed by atoms with van der Waals surface area (Å²) in [5.74, 6) is -0.0338. The summed E-state index contributed by atoms with van der Waals surface area (Å²) >= 11 is 0. The van der Waals surface area contributed by atoms with Gasteiger partial charge in [-0.25, -0.2) is 0 Å². The zero-order valence-electron chi connectivity index (χ0n) is 19.7. The van der Waals surface area contributed by atoms with Crippen molar-refractivity contribution < 1.29 is 14.3 Å². The molecule has 0 bridgehead atoms. The van der Waals surface area contributed by atoms with Gasteiger partial charge in [-0.1, -0.05) is 26.7 Å². The molecule has 174 valence electrons. The predicted molar refractivity (Wildman–Crippen MR) is 128 cm³/mol. The van der Waals surface area contributed by atoms with Crippen LogP contribution < -0.4 is 15.5 Å². The predicted octanol–water partition coefficient (Wildman–Crippen LogP) is 4.99. The lowest BCUT2D eigenvalue weighted by Crippen LogP contribution is -2.33. The number of ether oxygens (including phenoxy) is 1. The summed E-state index contributed by atoms with van der Waals surface area (Å²) in [6.45, 7) is 9.99. The van der Waals surface area contributed by atoms with E-state index in [9.17, 15) is 9.59 Å². The van der Waals surface area contributed by atoms with E-state index in [-0.39, 0.29) is 17.7 Å². The average molecular weight is 432 g/mol. The van der Waals surface area contributed by atoms with Crippen LogP contribution in [-0.2, 0) is 9.53 Å². The van der Waals surface area contributed by atoms with E-state index in [0.717, 1.165) is 63.7 Å². The Balaban J connectivity index is 2.14. The van der Waals surface area contributed by atoms with Gasteiger partial charge in [0.25, 0.3) is 5.91 Å². The summed E-state index contributed by atoms with van der Waals surface area (Å²) in [6, 6.07) is 5.76. The topological polar surface area (TPSA) is 70.7 Å². The Morgan fingerprint density at radius 1 is 1.10 bits per heavy atom. The second kappa shape index (κ2) is 14.1. The summed E-state index contributed by atoms with van der Waals surface area (Å²) in [4.78, 5) is 28.1. The van der Waals surface area contributed by atoms with Gasteiger partial charge in [0.05, 0.1) is 5.56 Å². The molecular weight excluding hydrogens is 390 g/mol. The standard InChI is InChI=1S/C25H41N3O3/c1-4-7-12-20(5-2)24(29)27-21-13-14-23(28-16-9-8-10-17-28)22(19-21)25(30)26-15-11-18-31-6-3/h13-14,19-20H,4-12,15-18H2,1-3H3,(H,26,30)(H,27,29). The van der Waals surface area contributed by atoms with Crippen LogP contribution in [0.4, 0.5) is 11.4 Å². The second-order valence-corrected chi connectivity index (χ2v) is 8.32. The lowest BCUT2D eigenvalue weighted by atomic mass is 9.98. The molecule has 6 nitrogen and oxygen atoms in total. The monoisotopic (exact) mass is 431 g/mol. The van der Waals surface area contributed by atoms with Gasteiger partial charge in [0, 0.05) is 50.1 Å². The molecule has 2 N–H and O–H groups in total. The SMILES string of the molecule is CCCCC(CC)C(=O)Nc1ccc(N2CCCCC2)c(C(=O)NCCCOCC)c1. The first-order chi connectivity index (χ1) is 15.1. The molecule has 1 heterocycles. The molecule has 1 saturated heterocycles. The van der Waals surface area contributed by atoms with E-state index < -0.39 is 0 Å². The highest BCUT2D eigenvalue weighted by atomic mass is 16.5. The molecule has 1 aliphatic heterocycles. The molecule has 0 spiro atoms. The van der Waals surface area contributed by atoms with Crippen LogP contribution in [0.2, 0.25) is 0 Å². The quantitative estimate of drug-likeness (QED) is 0.432. The fraction of sp³-hybridized carbons (Fsp3) is 0.680. The molecule has 2 rings (SSSR count). The number of nitrogens with zero attached hydrogens (tertiary/aromatic N) is 1. The molecule has 0 radical (unpaired) electrons. The van der Waals surface area contributed by atoms with Crippen molar-refractivity contribution in [3.05, 3.63) is 23.8 Å². The maximum absolute atomic E-state index is 13.0. The number of unbranched alkanes of at least 4 members (excludes halogenated alkanes) is 1. The third-order valence-corrected chi connectivity index (χ3v) is 5.93. The van der Waals surface area contributed by atoms with E-state index in [1.807, 2.05) is 25.1 Å². The Morgan fingerprint density at radius 3 is 2.55 bits per heavy atom. The van der Waals surface area contributed by atoms with Gasteiger partial charge in [-0.15, -0.1) is 0 Å². The average Bonchev–Trinajstić information content (AvgIpc) is 2.80. The van der Waals surface area contributed by atoms with Gasteiger partial charge in [-0.2, -0.15) is 0 Å². The Morgan fingerprint density at radius 2 is 1.87 bits per heavy atom. The third kappa shape index (κ3) is 8.17. The number of nitrogens with one attached hydrogen (secondary N) is 2. The van der Waals surface area contributed by atoms with Crippen LogP contribution in [0.25, 0.3) is 0 Å². The number of carbonyl (C=O) groups excluding carboxylic acids is 2. The number of anilines is 2. The number of hydrogen-bond donors (Lipinski definition) is 2. The van der Waals surface area contributed by atoms with Gasteiger partial charge in [-0.05, 0) is 63.6 Å². The molecule has 1 atom stereocenters. The van der Waals surface area contributed by atoms with Crippen molar-refractivity contribution in [1.82, 2.24) is 5.32 Å².